The number of aromatic nitrogens is 3. The van der Waals surface area contributed by atoms with Crippen LogP contribution in [0.15, 0.2) is 36.7 Å². The van der Waals surface area contributed by atoms with E-state index in [2.05, 4.69) is 19.8 Å². The molecule has 0 spiro atoms. The Labute approximate surface area is 147 Å². The molecule has 0 unspecified atom stereocenters. The van der Waals surface area contributed by atoms with Crippen molar-refractivity contribution in [3.05, 3.63) is 36.7 Å². The van der Waals surface area contributed by atoms with Crippen molar-refractivity contribution in [2.45, 2.75) is 18.6 Å². The molecule has 2 aromatic rings. The van der Waals surface area contributed by atoms with Crippen molar-refractivity contribution in [1.82, 2.24) is 19.9 Å². The van der Waals surface area contributed by atoms with Gasteiger partial charge in [-0.15, -0.1) is 0 Å². The lowest BCUT2D eigenvalue weighted by atomic mass is 10.2. The number of rotatable bonds is 3. The van der Waals surface area contributed by atoms with E-state index in [9.17, 15) is 5.11 Å². The monoisotopic (exact) mass is 341 g/mol. The Bertz CT molecular complexity index is 699. The number of anilines is 1. The highest BCUT2D eigenvalue weighted by molar-refractivity contribution is 5.55. The van der Waals surface area contributed by atoms with Crippen molar-refractivity contribution in [3.63, 3.8) is 0 Å². The lowest BCUT2D eigenvalue weighted by Crippen LogP contribution is -2.44. The van der Waals surface area contributed by atoms with Gasteiger partial charge in [-0.2, -0.15) is 0 Å². The van der Waals surface area contributed by atoms with Crippen molar-refractivity contribution in [2.24, 2.45) is 0 Å². The fourth-order valence-electron chi connectivity index (χ4n) is 3.51. The Balaban J connectivity index is 1.47. The first-order valence-corrected chi connectivity index (χ1v) is 8.80. The lowest BCUT2D eigenvalue weighted by Gasteiger charge is -2.28. The normalized spacial score (nSPS) is 25.1. The summed E-state index contributed by atoms with van der Waals surface area (Å²) in [6.07, 6.45) is 4.20. The fraction of sp³-hybridized carbons (Fsp3) is 0.500. The standard InChI is InChI=1S/C18H23N5O2/c24-17-13-25-12-16(17)22-8-3-9-23(11-10-22)18-20-7-5-15(21-18)14-4-1-2-6-19-14/h1-2,4-7,16-17,24H,3,8-13H2/t16-,17-/m1/s1. The van der Waals surface area contributed by atoms with Crippen LogP contribution in [0.3, 0.4) is 0 Å². The molecule has 4 rings (SSSR count). The van der Waals surface area contributed by atoms with E-state index in [1.54, 1.807) is 12.4 Å². The molecule has 4 heterocycles. The van der Waals surface area contributed by atoms with Crippen LogP contribution in [0.25, 0.3) is 11.4 Å². The van der Waals surface area contributed by atoms with Crippen molar-refractivity contribution in [1.29, 1.82) is 0 Å². The van der Waals surface area contributed by atoms with Crippen LogP contribution in [0.4, 0.5) is 5.95 Å². The topological polar surface area (TPSA) is 74.6 Å². The largest absolute Gasteiger partial charge is 0.389 e. The molecule has 7 heteroatoms. The molecule has 132 valence electrons. The summed E-state index contributed by atoms with van der Waals surface area (Å²) in [5.41, 5.74) is 1.69. The van der Waals surface area contributed by atoms with Crippen molar-refractivity contribution in [3.8, 4) is 11.4 Å². The van der Waals surface area contributed by atoms with Crippen molar-refractivity contribution < 1.29 is 9.84 Å². The Morgan fingerprint density at radius 2 is 1.92 bits per heavy atom. The first-order chi connectivity index (χ1) is 12.3. The Morgan fingerprint density at radius 3 is 2.72 bits per heavy atom. The van der Waals surface area contributed by atoms with E-state index in [0.29, 0.717) is 13.2 Å². The molecule has 25 heavy (non-hydrogen) atoms. The minimum Gasteiger partial charge on any atom is -0.389 e. The van der Waals surface area contributed by atoms with Gasteiger partial charge in [-0.05, 0) is 24.6 Å². The number of aliphatic hydroxyl groups excluding tert-OH is 1. The van der Waals surface area contributed by atoms with Crippen molar-refractivity contribution in [2.75, 3.05) is 44.3 Å². The maximum atomic E-state index is 10.1. The third-order valence-electron chi connectivity index (χ3n) is 4.87. The van der Waals surface area contributed by atoms with Crippen LogP contribution in [0, 0.1) is 0 Å². The third-order valence-corrected chi connectivity index (χ3v) is 4.87. The van der Waals surface area contributed by atoms with Gasteiger partial charge in [0.25, 0.3) is 0 Å². The molecule has 0 bridgehead atoms. The van der Waals surface area contributed by atoms with Gasteiger partial charge in [0.2, 0.25) is 5.95 Å². The van der Waals surface area contributed by atoms with Gasteiger partial charge in [0.05, 0.1) is 36.7 Å². The van der Waals surface area contributed by atoms with Crippen LogP contribution in [0.2, 0.25) is 0 Å². The summed E-state index contributed by atoms with van der Waals surface area (Å²) >= 11 is 0. The van der Waals surface area contributed by atoms with Gasteiger partial charge in [0.15, 0.2) is 0 Å². The van der Waals surface area contributed by atoms with Gasteiger partial charge in [0, 0.05) is 38.6 Å². The van der Waals surface area contributed by atoms with E-state index >= 15 is 0 Å². The van der Waals surface area contributed by atoms with Crippen LogP contribution < -0.4 is 4.90 Å². The Morgan fingerprint density at radius 1 is 0.960 bits per heavy atom. The Kier molecular flexibility index (Phi) is 4.87. The summed E-state index contributed by atoms with van der Waals surface area (Å²) in [7, 11) is 0. The molecule has 1 N–H and O–H groups in total. The van der Waals surface area contributed by atoms with Gasteiger partial charge in [-0.1, -0.05) is 6.07 Å². The second-order valence-corrected chi connectivity index (χ2v) is 6.51. The number of hydrogen-bond acceptors (Lipinski definition) is 7. The highest BCUT2D eigenvalue weighted by Crippen LogP contribution is 2.20. The van der Waals surface area contributed by atoms with Crippen LogP contribution in [-0.2, 0) is 4.74 Å². The van der Waals surface area contributed by atoms with E-state index in [1.807, 2.05) is 24.3 Å². The van der Waals surface area contributed by atoms with Gasteiger partial charge in [-0.3, -0.25) is 9.88 Å². The second kappa shape index (κ2) is 7.43. The zero-order valence-corrected chi connectivity index (χ0v) is 14.2. The molecule has 2 aromatic heterocycles. The highest BCUT2D eigenvalue weighted by atomic mass is 16.5. The average Bonchev–Trinajstić information content (AvgIpc) is 2.94. The third kappa shape index (κ3) is 3.63. The zero-order valence-electron chi connectivity index (χ0n) is 14.2. The molecule has 7 nitrogen and oxygen atoms in total. The molecule has 0 saturated carbocycles. The van der Waals surface area contributed by atoms with Crippen LogP contribution in [0.1, 0.15) is 6.42 Å². The van der Waals surface area contributed by atoms with E-state index in [1.165, 1.54) is 0 Å². The molecule has 2 fully saturated rings. The van der Waals surface area contributed by atoms with Crippen molar-refractivity contribution >= 4 is 5.95 Å². The smallest absolute Gasteiger partial charge is 0.225 e. The lowest BCUT2D eigenvalue weighted by molar-refractivity contribution is 0.0859. The summed E-state index contributed by atoms with van der Waals surface area (Å²) in [5, 5.41) is 10.1. The first-order valence-electron chi connectivity index (χ1n) is 8.80. The number of aliphatic hydroxyl groups is 1. The van der Waals surface area contributed by atoms with E-state index in [0.717, 1.165) is 49.9 Å². The number of hydrogen-bond donors (Lipinski definition) is 1. The molecule has 0 aliphatic carbocycles. The van der Waals surface area contributed by atoms with Gasteiger partial charge in [-0.25, -0.2) is 9.97 Å². The maximum absolute atomic E-state index is 10.1. The maximum Gasteiger partial charge on any atom is 0.225 e. The van der Waals surface area contributed by atoms with E-state index in [4.69, 9.17) is 9.72 Å². The molecule has 0 radical (unpaired) electrons. The van der Waals surface area contributed by atoms with Gasteiger partial charge < -0.3 is 14.7 Å². The molecule has 2 aliphatic heterocycles. The molecule has 0 aromatic carbocycles. The quantitative estimate of drug-likeness (QED) is 0.885. The zero-order chi connectivity index (χ0) is 17.1. The fourth-order valence-corrected chi connectivity index (χ4v) is 3.51. The minimum absolute atomic E-state index is 0.112. The predicted octanol–water partition coefficient (Wildman–Crippen LogP) is 0.810. The van der Waals surface area contributed by atoms with Crippen LogP contribution >= 0.6 is 0 Å². The predicted molar refractivity (Wildman–Crippen MR) is 94.3 cm³/mol. The van der Waals surface area contributed by atoms with Gasteiger partial charge in [0.1, 0.15) is 0 Å². The van der Waals surface area contributed by atoms with Gasteiger partial charge >= 0.3 is 0 Å². The summed E-state index contributed by atoms with van der Waals surface area (Å²) in [4.78, 5) is 18.1. The SMILES string of the molecule is O[C@@H]1COC[C@H]1N1CCCN(c2nccc(-c3ccccn3)n2)CC1. The molecular weight excluding hydrogens is 318 g/mol. The number of ether oxygens (including phenoxy) is 1. The molecule has 0 amide bonds. The number of nitrogens with zero attached hydrogens (tertiary/aromatic N) is 5. The average molecular weight is 341 g/mol. The molecule has 2 aliphatic rings. The Hall–Kier alpha value is -2.09. The molecular formula is C18H23N5O2. The minimum atomic E-state index is -0.379. The van der Waals surface area contributed by atoms with Crippen LogP contribution in [-0.4, -0.2) is 76.5 Å². The second-order valence-electron chi connectivity index (χ2n) is 6.51. The highest BCUT2D eigenvalue weighted by Gasteiger charge is 2.32. The molecule has 2 atom stereocenters. The van der Waals surface area contributed by atoms with Crippen LogP contribution in [0.5, 0.6) is 0 Å². The summed E-state index contributed by atoms with van der Waals surface area (Å²) in [6, 6.07) is 7.82. The number of pyridine rings is 1. The first kappa shape index (κ1) is 16.4. The van der Waals surface area contributed by atoms with E-state index < -0.39 is 0 Å². The summed E-state index contributed by atoms with van der Waals surface area (Å²) in [6.45, 7) is 4.65. The summed E-state index contributed by atoms with van der Waals surface area (Å²) in [5.74, 6) is 0.744. The molecule has 2 saturated heterocycles. The summed E-state index contributed by atoms with van der Waals surface area (Å²) < 4.78 is 5.40. The van der Waals surface area contributed by atoms with E-state index in [-0.39, 0.29) is 12.1 Å².